The molecular weight excluding hydrogens is 425 g/mol. The van der Waals surface area contributed by atoms with E-state index in [2.05, 4.69) is 15.0 Å². The van der Waals surface area contributed by atoms with Gasteiger partial charge < -0.3 is 25.2 Å². The largest absolute Gasteiger partial charge is 0.477 e. The number of halogens is 1. The first kappa shape index (κ1) is 20.6. The Morgan fingerprint density at radius 1 is 0.909 bits per heavy atom. The van der Waals surface area contributed by atoms with Crippen molar-refractivity contribution < 1.29 is 24.2 Å². The maximum absolute atomic E-state index is 14.5. The van der Waals surface area contributed by atoms with Crippen LogP contribution in [0, 0.1) is 5.82 Å². The van der Waals surface area contributed by atoms with Gasteiger partial charge in [0.25, 0.3) is 0 Å². The quantitative estimate of drug-likeness (QED) is 0.229. The number of carbonyl (C=O) groups is 2. The van der Waals surface area contributed by atoms with Gasteiger partial charge in [-0.1, -0.05) is 26.0 Å². The number of H-pyrrole nitrogens is 3. The van der Waals surface area contributed by atoms with Gasteiger partial charge >= 0.3 is 11.9 Å². The molecule has 0 unspecified atom stereocenters. The van der Waals surface area contributed by atoms with Gasteiger partial charge in [0.2, 0.25) is 0 Å². The SMILES string of the molecule is CC(C)c1c(-c2cc(F)cc3[nH]ccc23)[nH]c(C(=O)O)c1-c1cccc2[nH]c(C(=O)O)cc12. The van der Waals surface area contributed by atoms with Crippen LogP contribution in [0.2, 0.25) is 0 Å². The summed E-state index contributed by atoms with van der Waals surface area (Å²) in [4.78, 5) is 32.8. The van der Waals surface area contributed by atoms with Crippen LogP contribution >= 0.6 is 0 Å². The predicted molar refractivity (Wildman–Crippen MR) is 123 cm³/mol. The highest BCUT2D eigenvalue weighted by atomic mass is 19.1. The molecule has 0 saturated carbocycles. The van der Waals surface area contributed by atoms with Crippen molar-refractivity contribution in [2.75, 3.05) is 0 Å². The highest BCUT2D eigenvalue weighted by Crippen LogP contribution is 2.44. The molecule has 0 aliphatic rings. The molecule has 0 aliphatic carbocycles. The molecule has 0 bridgehead atoms. The number of carboxylic acid groups (broad SMARTS) is 2. The molecule has 8 heteroatoms. The van der Waals surface area contributed by atoms with Crippen molar-refractivity contribution in [1.29, 1.82) is 0 Å². The number of aromatic carboxylic acids is 2. The van der Waals surface area contributed by atoms with E-state index in [0.717, 1.165) is 5.39 Å². The molecule has 0 radical (unpaired) electrons. The molecule has 3 aromatic heterocycles. The van der Waals surface area contributed by atoms with E-state index in [1.807, 2.05) is 19.9 Å². The van der Waals surface area contributed by atoms with Crippen molar-refractivity contribution >= 4 is 33.7 Å². The summed E-state index contributed by atoms with van der Waals surface area (Å²) in [5, 5.41) is 20.8. The van der Waals surface area contributed by atoms with E-state index in [4.69, 9.17) is 0 Å². The topological polar surface area (TPSA) is 122 Å². The fourth-order valence-corrected chi connectivity index (χ4v) is 4.57. The zero-order valence-electron chi connectivity index (χ0n) is 17.8. The molecule has 7 nitrogen and oxygen atoms in total. The molecule has 5 aromatic rings. The van der Waals surface area contributed by atoms with Crippen LogP contribution in [0.3, 0.4) is 0 Å². The summed E-state index contributed by atoms with van der Waals surface area (Å²) < 4.78 is 14.5. The summed E-state index contributed by atoms with van der Waals surface area (Å²) in [5.74, 6) is -2.83. The Morgan fingerprint density at radius 3 is 2.39 bits per heavy atom. The van der Waals surface area contributed by atoms with Crippen LogP contribution in [0.5, 0.6) is 0 Å². The van der Waals surface area contributed by atoms with E-state index in [0.29, 0.717) is 44.4 Å². The number of carboxylic acids is 2. The van der Waals surface area contributed by atoms with Gasteiger partial charge in [-0.2, -0.15) is 0 Å². The molecule has 0 amide bonds. The van der Waals surface area contributed by atoms with Crippen molar-refractivity contribution in [2.45, 2.75) is 19.8 Å². The summed E-state index contributed by atoms with van der Waals surface area (Å²) >= 11 is 0. The van der Waals surface area contributed by atoms with Crippen LogP contribution in [0.1, 0.15) is 46.3 Å². The highest BCUT2D eigenvalue weighted by Gasteiger charge is 2.28. The monoisotopic (exact) mass is 445 g/mol. The van der Waals surface area contributed by atoms with Gasteiger partial charge in [0.1, 0.15) is 17.2 Å². The lowest BCUT2D eigenvalue weighted by molar-refractivity contribution is 0.0681. The summed E-state index contributed by atoms with van der Waals surface area (Å²) in [6.07, 6.45) is 1.71. The molecule has 5 rings (SSSR count). The van der Waals surface area contributed by atoms with Crippen LogP contribution in [0.25, 0.3) is 44.2 Å². The first-order valence-corrected chi connectivity index (χ1v) is 10.4. The lowest BCUT2D eigenvalue weighted by Crippen LogP contribution is -2.00. The molecule has 0 fully saturated rings. The fraction of sp³-hybridized carbons (Fsp3) is 0.120. The lowest BCUT2D eigenvalue weighted by Gasteiger charge is -2.13. The first-order valence-electron chi connectivity index (χ1n) is 10.4. The molecule has 3 heterocycles. The predicted octanol–water partition coefficient (Wildman–Crippen LogP) is 5.97. The van der Waals surface area contributed by atoms with Crippen molar-refractivity contribution in [1.82, 2.24) is 15.0 Å². The van der Waals surface area contributed by atoms with Crippen LogP contribution in [0.15, 0.2) is 48.7 Å². The number of fused-ring (bicyclic) bond motifs is 2. The molecule has 0 saturated heterocycles. The molecule has 0 spiro atoms. The summed E-state index contributed by atoms with van der Waals surface area (Å²) in [6.45, 7) is 3.88. The normalized spacial score (nSPS) is 11.6. The van der Waals surface area contributed by atoms with Crippen LogP contribution < -0.4 is 0 Å². The van der Waals surface area contributed by atoms with Gasteiger partial charge in [-0.05, 0) is 47.4 Å². The Morgan fingerprint density at radius 2 is 1.70 bits per heavy atom. The Kier molecular flexibility index (Phi) is 4.59. The van der Waals surface area contributed by atoms with E-state index in [1.165, 1.54) is 18.2 Å². The third-order valence-electron chi connectivity index (χ3n) is 5.90. The minimum atomic E-state index is -1.16. The van der Waals surface area contributed by atoms with Crippen LogP contribution in [-0.4, -0.2) is 37.1 Å². The maximum Gasteiger partial charge on any atom is 0.352 e. The average molecular weight is 445 g/mol. The van der Waals surface area contributed by atoms with Crippen molar-refractivity contribution in [3.05, 3.63) is 71.4 Å². The van der Waals surface area contributed by atoms with E-state index in [9.17, 15) is 24.2 Å². The number of benzene rings is 2. The molecule has 2 aromatic carbocycles. The van der Waals surface area contributed by atoms with Crippen LogP contribution in [0.4, 0.5) is 4.39 Å². The standard InChI is InChI=1S/C25H20FN3O4/c1-11(2)20-21(14-4-3-5-17-15(14)10-19(28-17)24(30)31)23(25(32)33)29-22(20)16-8-12(26)9-18-13(16)6-7-27-18/h3-11,27-29H,1-2H3,(H,30,31)(H,32,33). The van der Waals surface area contributed by atoms with E-state index >= 15 is 0 Å². The van der Waals surface area contributed by atoms with E-state index in [-0.39, 0.29) is 17.3 Å². The second-order valence-electron chi connectivity index (χ2n) is 8.27. The van der Waals surface area contributed by atoms with Crippen LogP contribution in [-0.2, 0) is 0 Å². The minimum Gasteiger partial charge on any atom is -0.477 e. The highest BCUT2D eigenvalue weighted by molar-refractivity contribution is 6.08. The maximum atomic E-state index is 14.5. The van der Waals surface area contributed by atoms with Crippen molar-refractivity contribution in [3.8, 4) is 22.4 Å². The number of hydrogen-bond donors (Lipinski definition) is 5. The smallest absolute Gasteiger partial charge is 0.352 e. The molecule has 166 valence electrons. The molecule has 33 heavy (non-hydrogen) atoms. The Hall–Kier alpha value is -4.33. The fourth-order valence-electron chi connectivity index (χ4n) is 4.57. The number of nitrogens with one attached hydrogen (secondary N) is 3. The second-order valence-corrected chi connectivity index (χ2v) is 8.27. The number of rotatable bonds is 5. The Bertz CT molecular complexity index is 1570. The zero-order valence-corrected chi connectivity index (χ0v) is 17.8. The average Bonchev–Trinajstić information content (AvgIpc) is 3.48. The third-order valence-corrected chi connectivity index (χ3v) is 5.90. The van der Waals surface area contributed by atoms with Gasteiger partial charge in [-0.15, -0.1) is 0 Å². The minimum absolute atomic E-state index is 0.00958. The number of aromatic amines is 3. The van der Waals surface area contributed by atoms with Gasteiger partial charge in [-0.3, -0.25) is 0 Å². The Labute approximate surface area is 186 Å². The van der Waals surface area contributed by atoms with Gasteiger partial charge in [0.15, 0.2) is 0 Å². The van der Waals surface area contributed by atoms with E-state index in [1.54, 1.807) is 24.4 Å². The summed E-state index contributed by atoms with van der Waals surface area (Å²) in [6, 6.07) is 11.4. The Balaban J connectivity index is 1.89. The van der Waals surface area contributed by atoms with Crippen molar-refractivity contribution in [2.24, 2.45) is 0 Å². The molecule has 0 aliphatic heterocycles. The van der Waals surface area contributed by atoms with Gasteiger partial charge in [0, 0.05) is 39.1 Å². The van der Waals surface area contributed by atoms with Crippen molar-refractivity contribution in [3.63, 3.8) is 0 Å². The molecule has 5 N–H and O–H groups in total. The summed E-state index contributed by atoms with van der Waals surface area (Å²) in [7, 11) is 0. The van der Waals surface area contributed by atoms with Gasteiger partial charge in [-0.25, -0.2) is 14.0 Å². The van der Waals surface area contributed by atoms with Gasteiger partial charge in [0.05, 0.1) is 5.69 Å². The third kappa shape index (κ3) is 3.18. The first-order chi connectivity index (χ1) is 15.8. The number of aromatic nitrogens is 3. The van der Waals surface area contributed by atoms with E-state index < -0.39 is 17.8 Å². The lowest BCUT2D eigenvalue weighted by atomic mass is 9.89. The second kappa shape index (κ2) is 7.37. The number of hydrogen-bond acceptors (Lipinski definition) is 2. The molecule has 0 atom stereocenters. The summed E-state index contributed by atoms with van der Waals surface area (Å²) in [5.41, 5.74) is 3.99. The molecular formula is C25H20FN3O4. The zero-order chi connectivity index (χ0) is 23.4.